The molecule has 2 aromatic rings. The van der Waals surface area contributed by atoms with E-state index in [-0.39, 0.29) is 5.75 Å². The molecule has 3 rings (SSSR count). The van der Waals surface area contributed by atoms with Crippen molar-refractivity contribution in [1.82, 2.24) is 0 Å². The monoisotopic (exact) mass is 258 g/mol. The summed E-state index contributed by atoms with van der Waals surface area (Å²) in [5.74, 6) is -0.253. The Morgan fingerprint density at radius 2 is 2.00 bits per heavy atom. The molecular weight excluding hydrogens is 243 g/mol. The number of hydrogen-bond acceptors (Lipinski definition) is 2. The molecule has 0 amide bonds. The van der Waals surface area contributed by atoms with E-state index in [4.69, 9.17) is 4.74 Å². The Labute approximate surface area is 111 Å². The Hall–Kier alpha value is -1.87. The first kappa shape index (κ1) is 12.2. The Morgan fingerprint density at radius 3 is 2.74 bits per heavy atom. The largest absolute Gasteiger partial charge is 0.494 e. The van der Waals surface area contributed by atoms with E-state index in [2.05, 4.69) is 0 Å². The molecule has 0 fully saturated rings. The topological polar surface area (TPSA) is 29.5 Å². The summed E-state index contributed by atoms with van der Waals surface area (Å²) in [7, 11) is 1.43. The first-order valence-electron chi connectivity index (χ1n) is 6.30. The van der Waals surface area contributed by atoms with Crippen molar-refractivity contribution in [2.24, 2.45) is 0 Å². The van der Waals surface area contributed by atoms with Crippen LogP contribution in [0.5, 0.6) is 5.75 Å². The van der Waals surface area contributed by atoms with Gasteiger partial charge in [0, 0.05) is 0 Å². The first-order chi connectivity index (χ1) is 9.15. The zero-order chi connectivity index (χ0) is 13.5. The van der Waals surface area contributed by atoms with E-state index in [9.17, 15) is 9.50 Å². The smallest absolute Gasteiger partial charge is 0.165 e. The van der Waals surface area contributed by atoms with Crippen molar-refractivity contribution in [3.05, 3.63) is 65.0 Å². The first-order valence-corrected chi connectivity index (χ1v) is 6.30. The third-order valence-electron chi connectivity index (χ3n) is 3.85. The summed E-state index contributed by atoms with van der Waals surface area (Å²) in [6.07, 6.45) is 1.39. The van der Waals surface area contributed by atoms with Gasteiger partial charge in [0.25, 0.3) is 0 Å². The third kappa shape index (κ3) is 1.81. The van der Waals surface area contributed by atoms with Crippen LogP contribution in [0.3, 0.4) is 0 Å². The van der Waals surface area contributed by atoms with Gasteiger partial charge in [0.2, 0.25) is 0 Å². The second-order valence-corrected chi connectivity index (χ2v) is 4.87. The normalized spacial score (nSPS) is 21.2. The number of ether oxygens (including phenoxy) is 1. The van der Waals surface area contributed by atoms with Gasteiger partial charge in [0.1, 0.15) is 5.60 Å². The average molecular weight is 258 g/mol. The highest BCUT2D eigenvalue weighted by Gasteiger charge is 2.38. The molecule has 1 atom stereocenters. The predicted octanol–water partition coefficient (Wildman–Crippen LogP) is 3.02. The molecule has 0 saturated heterocycles. The number of methoxy groups -OCH3 is 1. The highest BCUT2D eigenvalue weighted by molar-refractivity contribution is 5.46. The molecule has 0 bridgehead atoms. The fourth-order valence-corrected chi connectivity index (χ4v) is 2.82. The van der Waals surface area contributed by atoms with Gasteiger partial charge >= 0.3 is 0 Å². The van der Waals surface area contributed by atoms with E-state index >= 15 is 0 Å². The van der Waals surface area contributed by atoms with Gasteiger partial charge in [0.05, 0.1) is 7.11 Å². The van der Waals surface area contributed by atoms with E-state index in [1.165, 1.54) is 13.2 Å². The summed E-state index contributed by atoms with van der Waals surface area (Å²) in [4.78, 5) is 0. The Morgan fingerprint density at radius 1 is 1.21 bits per heavy atom. The van der Waals surface area contributed by atoms with Crippen molar-refractivity contribution in [1.29, 1.82) is 0 Å². The SMILES string of the molecule is COc1ccc(C2(O)CCc3ccccc32)cc1F. The summed E-state index contributed by atoms with van der Waals surface area (Å²) in [6, 6.07) is 12.4. The minimum Gasteiger partial charge on any atom is -0.494 e. The minimum absolute atomic E-state index is 0.193. The summed E-state index contributed by atoms with van der Waals surface area (Å²) < 4.78 is 18.7. The molecule has 1 aliphatic rings. The van der Waals surface area contributed by atoms with E-state index in [0.717, 1.165) is 17.5 Å². The molecule has 1 aliphatic carbocycles. The maximum absolute atomic E-state index is 13.8. The fourth-order valence-electron chi connectivity index (χ4n) is 2.82. The van der Waals surface area contributed by atoms with Gasteiger partial charge in [-0.2, -0.15) is 0 Å². The Bertz CT molecular complexity index is 624. The maximum atomic E-state index is 13.8. The van der Waals surface area contributed by atoms with Crippen LogP contribution < -0.4 is 4.74 Å². The molecular formula is C16H15FO2. The molecule has 0 heterocycles. The second kappa shape index (κ2) is 4.35. The molecule has 1 N–H and O–H groups in total. The van der Waals surface area contributed by atoms with E-state index in [1.54, 1.807) is 12.1 Å². The van der Waals surface area contributed by atoms with Crippen molar-refractivity contribution in [3.8, 4) is 5.75 Å². The lowest BCUT2D eigenvalue weighted by atomic mass is 9.88. The molecule has 0 radical (unpaired) electrons. The van der Waals surface area contributed by atoms with Crippen molar-refractivity contribution < 1.29 is 14.2 Å². The summed E-state index contributed by atoms with van der Waals surface area (Å²) in [5.41, 5.74) is 1.49. The van der Waals surface area contributed by atoms with Crippen LogP contribution in [0.15, 0.2) is 42.5 Å². The predicted molar refractivity (Wildman–Crippen MR) is 70.7 cm³/mol. The Balaban J connectivity index is 2.10. The standard InChI is InChI=1S/C16H15FO2/c1-19-15-7-6-12(10-14(15)17)16(18)9-8-11-4-2-3-5-13(11)16/h2-7,10,18H,8-9H2,1H3. The molecule has 98 valence electrons. The molecule has 2 aromatic carbocycles. The summed E-state index contributed by atoms with van der Waals surface area (Å²) >= 11 is 0. The number of aliphatic hydroxyl groups is 1. The lowest BCUT2D eigenvalue weighted by Crippen LogP contribution is -2.24. The highest BCUT2D eigenvalue weighted by Crippen LogP contribution is 2.42. The number of benzene rings is 2. The van der Waals surface area contributed by atoms with Crippen molar-refractivity contribution in [2.75, 3.05) is 7.11 Å². The van der Waals surface area contributed by atoms with Crippen LogP contribution >= 0.6 is 0 Å². The van der Waals surface area contributed by atoms with E-state index in [1.807, 2.05) is 24.3 Å². The van der Waals surface area contributed by atoms with Crippen LogP contribution in [0.2, 0.25) is 0 Å². The van der Waals surface area contributed by atoms with Crippen molar-refractivity contribution in [2.45, 2.75) is 18.4 Å². The van der Waals surface area contributed by atoms with Gasteiger partial charge in [-0.1, -0.05) is 30.3 Å². The van der Waals surface area contributed by atoms with E-state index < -0.39 is 11.4 Å². The third-order valence-corrected chi connectivity index (χ3v) is 3.85. The van der Waals surface area contributed by atoms with Gasteiger partial charge in [-0.05, 0) is 41.7 Å². The summed E-state index contributed by atoms with van der Waals surface area (Å²) in [6.45, 7) is 0. The molecule has 0 aliphatic heterocycles. The lowest BCUT2D eigenvalue weighted by Gasteiger charge is -2.25. The lowest BCUT2D eigenvalue weighted by molar-refractivity contribution is 0.0825. The van der Waals surface area contributed by atoms with Crippen LogP contribution in [-0.4, -0.2) is 12.2 Å². The van der Waals surface area contributed by atoms with Gasteiger partial charge in [-0.3, -0.25) is 0 Å². The Kier molecular flexibility index (Phi) is 2.79. The number of halogens is 1. The van der Waals surface area contributed by atoms with Crippen LogP contribution in [0, 0.1) is 5.82 Å². The number of aryl methyl sites for hydroxylation is 1. The van der Waals surface area contributed by atoms with Crippen LogP contribution in [0.4, 0.5) is 4.39 Å². The average Bonchev–Trinajstić information content (AvgIpc) is 2.78. The quantitative estimate of drug-likeness (QED) is 0.897. The summed E-state index contributed by atoms with van der Waals surface area (Å²) in [5, 5.41) is 10.9. The number of fused-ring (bicyclic) bond motifs is 1. The van der Waals surface area contributed by atoms with Gasteiger partial charge in [-0.15, -0.1) is 0 Å². The molecule has 0 aromatic heterocycles. The van der Waals surface area contributed by atoms with E-state index in [0.29, 0.717) is 12.0 Å². The minimum atomic E-state index is -1.09. The number of rotatable bonds is 2. The fraction of sp³-hybridized carbons (Fsp3) is 0.250. The van der Waals surface area contributed by atoms with Crippen molar-refractivity contribution in [3.63, 3.8) is 0 Å². The molecule has 0 spiro atoms. The molecule has 19 heavy (non-hydrogen) atoms. The zero-order valence-corrected chi connectivity index (χ0v) is 10.7. The van der Waals surface area contributed by atoms with Gasteiger partial charge < -0.3 is 9.84 Å². The molecule has 2 nitrogen and oxygen atoms in total. The van der Waals surface area contributed by atoms with Crippen molar-refractivity contribution >= 4 is 0 Å². The maximum Gasteiger partial charge on any atom is 0.165 e. The second-order valence-electron chi connectivity index (χ2n) is 4.87. The van der Waals surface area contributed by atoms with Crippen LogP contribution in [0.1, 0.15) is 23.1 Å². The molecule has 3 heteroatoms. The van der Waals surface area contributed by atoms with Crippen LogP contribution in [0.25, 0.3) is 0 Å². The van der Waals surface area contributed by atoms with Gasteiger partial charge in [-0.25, -0.2) is 4.39 Å². The highest BCUT2D eigenvalue weighted by atomic mass is 19.1. The molecule has 0 saturated carbocycles. The number of hydrogen-bond donors (Lipinski definition) is 1. The zero-order valence-electron chi connectivity index (χ0n) is 10.7. The van der Waals surface area contributed by atoms with Crippen LogP contribution in [-0.2, 0) is 12.0 Å². The molecule has 1 unspecified atom stereocenters. The van der Waals surface area contributed by atoms with Gasteiger partial charge in [0.15, 0.2) is 11.6 Å².